The summed E-state index contributed by atoms with van der Waals surface area (Å²) >= 11 is 7.25. The number of nitrogens with one attached hydrogen (secondary N) is 1. The maximum Gasteiger partial charge on any atom is 0.243 e. The zero-order valence-electron chi connectivity index (χ0n) is 11.2. The van der Waals surface area contributed by atoms with Gasteiger partial charge >= 0.3 is 0 Å². The summed E-state index contributed by atoms with van der Waals surface area (Å²) in [4.78, 5) is 0.393. The van der Waals surface area contributed by atoms with Crippen LogP contribution in [0.2, 0.25) is 5.02 Å². The molecule has 0 radical (unpaired) electrons. The van der Waals surface area contributed by atoms with Gasteiger partial charge in [-0.3, -0.25) is 0 Å². The fraction of sp³-hybridized carbons (Fsp3) is 0.231. The molecule has 1 heterocycles. The van der Waals surface area contributed by atoms with Crippen molar-refractivity contribution in [2.24, 2.45) is 5.73 Å². The third kappa shape index (κ3) is 3.61. The van der Waals surface area contributed by atoms with Crippen molar-refractivity contribution in [2.75, 3.05) is 0 Å². The molecule has 0 unspecified atom stereocenters. The van der Waals surface area contributed by atoms with E-state index in [4.69, 9.17) is 17.3 Å². The molecule has 21 heavy (non-hydrogen) atoms. The van der Waals surface area contributed by atoms with Crippen LogP contribution in [-0.2, 0) is 23.1 Å². The molecule has 0 saturated carbocycles. The summed E-state index contributed by atoms with van der Waals surface area (Å²) in [5, 5.41) is 2.00. The Morgan fingerprint density at radius 3 is 2.71 bits per heavy atom. The molecule has 0 saturated heterocycles. The van der Waals surface area contributed by atoms with Crippen molar-refractivity contribution in [3.8, 4) is 0 Å². The normalized spacial score (nSPS) is 11.8. The smallest absolute Gasteiger partial charge is 0.243 e. The molecule has 0 aliphatic heterocycles. The van der Waals surface area contributed by atoms with Crippen molar-refractivity contribution in [3.63, 3.8) is 0 Å². The molecular weight excluding hydrogens is 335 g/mol. The minimum absolute atomic E-state index is 0.0650. The molecule has 8 heteroatoms. The lowest BCUT2D eigenvalue weighted by Crippen LogP contribution is -2.24. The summed E-state index contributed by atoms with van der Waals surface area (Å²) in [6, 6.07) is 4.29. The molecule has 114 valence electrons. The third-order valence-corrected chi connectivity index (χ3v) is 5.62. The number of hydrogen-bond donors (Lipinski definition) is 2. The monoisotopic (exact) mass is 348 g/mol. The Bertz CT molecular complexity index is 760. The van der Waals surface area contributed by atoms with Crippen LogP contribution in [0.15, 0.2) is 28.5 Å². The molecule has 2 rings (SSSR count). The van der Waals surface area contributed by atoms with E-state index in [1.54, 1.807) is 0 Å². The molecule has 0 atom stereocenters. The highest BCUT2D eigenvalue weighted by Crippen LogP contribution is 2.24. The van der Waals surface area contributed by atoms with Crippen molar-refractivity contribution >= 4 is 33.0 Å². The summed E-state index contributed by atoms with van der Waals surface area (Å²) in [5.41, 5.74) is 6.44. The highest BCUT2D eigenvalue weighted by molar-refractivity contribution is 7.89. The minimum Gasteiger partial charge on any atom is -0.326 e. The lowest BCUT2D eigenvalue weighted by atomic mass is 10.2. The Hall–Kier alpha value is -0.990. The minimum atomic E-state index is -4.00. The fourth-order valence-electron chi connectivity index (χ4n) is 1.79. The molecule has 0 aliphatic carbocycles. The van der Waals surface area contributed by atoms with Gasteiger partial charge in [0, 0.05) is 28.6 Å². The lowest BCUT2D eigenvalue weighted by molar-refractivity contribution is 0.550. The first-order valence-corrected chi connectivity index (χ1v) is 8.80. The van der Waals surface area contributed by atoms with E-state index in [2.05, 4.69) is 4.72 Å². The van der Waals surface area contributed by atoms with Crippen molar-refractivity contribution in [1.82, 2.24) is 4.72 Å². The van der Waals surface area contributed by atoms with E-state index in [1.165, 1.54) is 17.4 Å². The average Bonchev–Trinajstić information content (AvgIpc) is 2.84. The van der Waals surface area contributed by atoms with Gasteiger partial charge in [0.15, 0.2) is 0 Å². The van der Waals surface area contributed by atoms with Crippen LogP contribution >= 0.6 is 22.9 Å². The number of halogens is 2. The molecule has 0 fully saturated rings. The number of aryl methyl sites for hydroxylation is 1. The van der Waals surface area contributed by atoms with Crippen LogP contribution in [0.5, 0.6) is 0 Å². The van der Waals surface area contributed by atoms with E-state index in [-0.39, 0.29) is 23.7 Å². The largest absolute Gasteiger partial charge is 0.326 e. The van der Waals surface area contributed by atoms with Crippen LogP contribution in [0, 0.1) is 12.7 Å². The second-order valence-corrected chi connectivity index (χ2v) is 7.60. The fourth-order valence-corrected chi connectivity index (χ4v) is 4.17. The number of thiophene rings is 1. The van der Waals surface area contributed by atoms with Gasteiger partial charge in [-0.15, -0.1) is 11.3 Å². The van der Waals surface area contributed by atoms with Crippen LogP contribution in [-0.4, -0.2) is 8.42 Å². The first kappa shape index (κ1) is 16.4. The molecule has 0 aliphatic rings. The Kier molecular flexibility index (Phi) is 5.00. The highest BCUT2D eigenvalue weighted by Gasteiger charge is 2.22. The van der Waals surface area contributed by atoms with Gasteiger partial charge in [-0.25, -0.2) is 17.5 Å². The van der Waals surface area contributed by atoms with E-state index >= 15 is 0 Å². The third-order valence-electron chi connectivity index (χ3n) is 2.98. The van der Waals surface area contributed by atoms with Gasteiger partial charge in [-0.2, -0.15) is 0 Å². The van der Waals surface area contributed by atoms with Crippen molar-refractivity contribution in [1.29, 1.82) is 0 Å². The summed E-state index contributed by atoms with van der Waals surface area (Å²) in [6.45, 7) is 1.86. The molecular formula is C13H14ClFN2O2S2. The second-order valence-electron chi connectivity index (χ2n) is 4.43. The Morgan fingerprint density at radius 2 is 2.14 bits per heavy atom. The van der Waals surface area contributed by atoms with Crippen LogP contribution in [0.3, 0.4) is 0 Å². The van der Waals surface area contributed by atoms with Crippen LogP contribution < -0.4 is 10.5 Å². The van der Waals surface area contributed by atoms with Gasteiger partial charge in [-0.1, -0.05) is 11.6 Å². The zero-order valence-corrected chi connectivity index (χ0v) is 13.6. The van der Waals surface area contributed by atoms with Gasteiger partial charge in [0.25, 0.3) is 0 Å². The second kappa shape index (κ2) is 6.41. The summed E-state index contributed by atoms with van der Waals surface area (Å²) in [5.74, 6) is -0.864. The average molecular weight is 349 g/mol. The number of sulfonamides is 1. The number of rotatable bonds is 5. The van der Waals surface area contributed by atoms with E-state index in [0.29, 0.717) is 0 Å². The molecule has 1 aromatic carbocycles. The SMILES string of the molecule is Cc1ccsc1CNS(=O)(=O)c1cc(Cl)cc(CN)c1F. The topological polar surface area (TPSA) is 72.2 Å². The van der Waals surface area contributed by atoms with E-state index in [1.807, 2.05) is 18.4 Å². The molecule has 2 aromatic rings. The van der Waals surface area contributed by atoms with Gasteiger partial charge < -0.3 is 5.73 Å². The molecule has 3 N–H and O–H groups in total. The van der Waals surface area contributed by atoms with Gasteiger partial charge in [-0.05, 0) is 36.1 Å². The number of benzene rings is 1. The predicted molar refractivity (Wildman–Crippen MR) is 82.4 cm³/mol. The number of nitrogens with two attached hydrogens (primary N) is 1. The maximum atomic E-state index is 14.1. The van der Waals surface area contributed by atoms with Crippen molar-refractivity contribution in [2.45, 2.75) is 24.9 Å². The zero-order chi connectivity index (χ0) is 15.6. The Morgan fingerprint density at radius 1 is 1.43 bits per heavy atom. The maximum absolute atomic E-state index is 14.1. The molecule has 0 spiro atoms. The number of hydrogen-bond acceptors (Lipinski definition) is 4. The Labute approximate surface area is 131 Å². The van der Waals surface area contributed by atoms with Gasteiger partial charge in [0.05, 0.1) is 0 Å². The summed E-state index contributed by atoms with van der Waals surface area (Å²) in [6.07, 6.45) is 0. The van der Waals surface area contributed by atoms with Gasteiger partial charge in [0.1, 0.15) is 10.7 Å². The van der Waals surface area contributed by atoms with E-state index in [0.717, 1.165) is 16.5 Å². The molecule has 0 amide bonds. The standard InChI is InChI=1S/C13H14ClFN2O2S2/c1-8-2-3-20-11(8)7-17-21(18,19)12-5-10(14)4-9(6-16)13(12)15/h2-5,17H,6-7,16H2,1H3. The van der Waals surface area contributed by atoms with E-state index in [9.17, 15) is 12.8 Å². The van der Waals surface area contributed by atoms with Crippen LogP contribution in [0.1, 0.15) is 16.0 Å². The molecule has 4 nitrogen and oxygen atoms in total. The highest BCUT2D eigenvalue weighted by atomic mass is 35.5. The lowest BCUT2D eigenvalue weighted by Gasteiger charge is -2.10. The first-order chi connectivity index (χ1) is 9.85. The molecule has 0 bridgehead atoms. The molecule has 1 aromatic heterocycles. The quantitative estimate of drug-likeness (QED) is 0.872. The predicted octanol–water partition coefficient (Wildman–Crippen LogP) is 2.79. The summed E-state index contributed by atoms with van der Waals surface area (Å²) < 4.78 is 41.0. The van der Waals surface area contributed by atoms with Gasteiger partial charge in [0.2, 0.25) is 10.0 Å². The van der Waals surface area contributed by atoms with Crippen molar-refractivity contribution in [3.05, 3.63) is 50.4 Å². The van der Waals surface area contributed by atoms with Crippen molar-refractivity contribution < 1.29 is 12.8 Å². The van der Waals surface area contributed by atoms with Crippen LogP contribution in [0.25, 0.3) is 0 Å². The summed E-state index contributed by atoms with van der Waals surface area (Å²) in [7, 11) is -4.00. The Balaban J connectivity index is 2.32. The van der Waals surface area contributed by atoms with Crippen LogP contribution in [0.4, 0.5) is 4.39 Å². The van der Waals surface area contributed by atoms with E-state index < -0.39 is 20.7 Å². The first-order valence-electron chi connectivity index (χ1n) is 6.05.